The van der Waals surface area contributed by atoms with Gasteiger partial charge in [0.1, 0.15) is 0 Å². The molecule has 0 aliphatic heterocycles. The van der Waals surface area contributed by atoms with Crippen molar-refractivity contribution in [3.05, 3.63) is 71.8 Å². The van der Waals surface area contributed by atoms with Crippen molar-refractivity contribution in [3.8, 4) is 0 Å². The number of sulfonamides is 1. The molecule has 0 spiro atoms. The summed E-state index contributed by atoms with van der Waals surface area (Å²) in [6.45, 7) is 8.23. The summed E-state index contributed by atoms with van der Waals surface area (Å²) in [5, 5.41) is 0. The van der Waals surface area contributed by atoms with Crippen molar-refractivity contribution in [2.24, 2.45) is 0 Å². The summed E-state index contributed by atoms with van der Waals surface area (Å²) in [5.74, 6) is -0.273. The highest BCUT2D eigenvalue weighted by Crippen LogP contribution is 2.31. The van der Waals surface area contributed by atoms with Crippen LogP contribution < -0.4 is 4.72 Å². The number of carbonyl (C=O) groups is 1. The van der Waals surface area contributed by atoms with E-state index in [-0.39, 0.29) is 16.5 Å². The first kappa shape index (κ1) is 22.5. The summed E-state index contributed by atoms with van der Waals surface area (Å²) in [5.41, 5.74) is -0.0646. The van der Waals surface area contributed by atoms with Crippen LogP contribution in [-0.4, -0.2) is 32.3 Å². The van der Waals surface area contributed by atoms with Crippen molar-refractivity contribution in [2.45, 2.75) is 24.9 Å². The molecule has 0 saturated carbocycles. The fraction of sp³-hybridized carbons (Fsp3) is 0.250. The lowest BCUT2D eigenvalue weighted by molar-refractivity contribution is -0.137. The predicted molar refractivity (Wildman–Crippen MR) is 105 cm³/mol. The molecule has 0 unspecified atom stereocenters. The Kier molecular flexibility index (Phi) is 6.73. The molecule has 2 aromatic carbocycles. The number of likely N-dealkylation sites (N-methyl/N-ethyl adjacent to an activating group) is 1. The Morgan fingerprint density at radius 1 is 1.14 bits per heavy atom. The van der Waals surface area contributed by atoms with Gasteiger partial charge < -0.3 is 4.90 Å². The largest absolute Gasteiger partial charge is 0.416 e. The average Bonchev–Trinajstić information content (AvgIpc) is 2.64. The highest BCUT2D eigenvalue weighted by Gasteiger charge is 2.30. The van der Waals surface area contributed by atoms with Gasteiger partial charge >= 0.3 is 6.18 Å². The van der Waals surface area contributed by atoms with E-state index in [1.807, 2.05) is 6.92 Å². The van der Waals surface area contributed by atoms with E-state index in [4.69, 9.17) is 0 Å². The fourth-order valence-corrected chi connectivity index (χ4v) is 3.63. The van der Waals surface area contributed by atoms with Crippen LogP contribution in [-0.2, 0) is 16.2 Å². The number of hydrogen-bond donors (Lipinski definition) is 1. The number of benzene rings is 2. The van der Waals surface area contributed by atoms with Crippen molar-refractivity contribution in [1.29, 1.82) is 0 Å². The highest BCUT2D eigenvalue weighted by molar-refractivity contribution is 7.92. The van der Waals surface area contributed by atoms with Gasteiger partial charge in [-0.1, -0.05) is 18.2 Å². The van der Waals surface area contributed by atoms with Crippen LogP contribution in [0.4, 0.5) is 18.9 Å². The zero-order valence-corrected chi connectivity index (χ0v) is 16.8. The van der Waals surface area contributed by atoms with Gasteiger partial charge in [0.25, 0.3) is 15.9 Å². The summed E-state index contributed by atoms with van der Waals surface area (Å²) in [4.78, 5) is 13.9. The first-order chi connectivity index (χ1) is 13.4. The average molecular weight is 426 g/mol. The lowest BCUT2D eigenvalue weighted by Crippen LogP contribution is -2.32. The number of alkyl halides is 3. The Bertz CT molecular complexity index is 1000. The van der Waals surface area contributed by atoms with E-state index >= 15 is 0 Å². The van der Waals surface area contributed by atoms with Crippen molar-refractivity contribution in [3.63, 3.8) is 0 Å². The van der Waals surface area contributed by atoms with E-state index in [9.17, 15) is 26.4 Å². The zero-order chi connectivity index (χ0) is 21.8. The predicted octanol–water partition coefficient (Wildman–Crippen LogP) is 4.54. The molecule has 0 atom stereocenters. The minimum Gasteiger partial charge on any atom is -0.335 e. The van der Waals surface area contributed by atoms with Crippen molar-refractivity contribution in [1.82, 2.24) is 4.90 Å². The molecule has 9 heteroatoms. The fourth-order valence-electron chi connectivity index (χ4n) is 2.59. The van der Waals surface area contributed by atoms with Gasteiger partial charge in [0.15, 0.2) is 0 Å². The SMILES string of the molecule is C=C(C)CN(CC)C(=O)c1ccc(S(=O)(=O)Nc2cccc(C(F)(F)F)c2)cc1. The molecule has 5 nitrogen and oxygen atoms in total. The number of anilines is 1. The molecule has 0 aliphatic rings. The van der Waals surface area contributed by atoms with Crippen LogP contribution >= 0.6 is 0 Å². The number of amides is 1. The van der Waals surface area contributed by atoms with Gasteiger partial charge in [0.05, 0.1) is 10.5 Å². The van der Waals surface area contributed by atoms with E-state index in [0.29, 0.717) is 24.7 Å². The topological polar surface area (TPSA) is 66.5 Å². The summed E-state index contributed by atoms with van der Waals surface area (Å²) in [6, 6.07) is 9.10. The molecule has 2 rings (SSSR count). The van der Waals surface area contributed by atoms with E-state index in [2.05, 4.69) is 11.3 Å². The molecule has 1 N–H and O–H groups in total. The third kappa shape index (κ3) is 5.83. The van der Waals surface area contributed by atoms with Crippen LogP contribution in [0.25, 0.3) is 0 Å². The van der Waals surface area contributed by atoms with Crippen molar-refractivity contribution in [2.75, 3.05) is 17.8 Å². The van der Waals surface area contributed by atoms with Gasteiger partial charge in [0, 0.05) is 24.3 Å². The summed E-state index contributed by atoms with van der Waals surface area (Å²) >= 11 is 0. The molecule has 29 heavy (non-hydrogen) atoms. The second-order valence-corrected chi connectivity index (χ2v) is 8.17. The normalized spacial score (nSPS) is 11.8. The Labute approximate surface area is 167 Å². The van der Waals surface area contributed by atoms with Gasteiger partial charge in [-0.2, -0.15) is 13.2 Å². The second-order valence-electron chi connectivity index (χ2n) is 6.48. The van der Waals surface area contributed by atoms with Crippen molar-refractivity contribution >= 4 is 21.6 Å². The number of hydrogen-bond acceptors (Lipinski definition) is 3. The lowest BCUT2D eigenvalue weighted by Gasteiger charge is -2.21. The molecular weight excluding hydrogens is 405 g/mol. The van der Waals surface area contributed by atoms with Crippen LogP contribution in [0.1, 0.15) is 29.8 Å². The standard InChI is InChI=1S/C20H21F3N2O3S/c1-4-25(13-14(2)3)19(26)15-8-10-18(11-9-15)29(27,28)24-17-7-5-6-16(12-17)20(21,22)23/h5-12,24H,2,4,13H2,1,3H3. The second kappa shape index (κ2) is 8.69. The molecule has 1 amide bonds. The van der Waals surface area contributed by atoms with Crippen LogP contribution in [0.15, 0.2) is 65.6 Å². The number of nitrogens with one attached hydrogen (secondary N) is 1. The van der Waals surface area contributed by atoms with Crippen LogP contribution in [0.5, 0.6) is 0 Å². The minimum atomic E-state index is -4.58. The smallest absolute Gasteiger partial charge is 0.335 e. The van der Waals surface area contributed by atoms with Crippen LogP contribution in [0, 0.1) is 0 Å². The third-order valence-corrected chi connectivity index (χ3v) is 5.38. The van der Waals surface area contributed by atoms with E-state index in [1.54, 1.807) is 11.8 Å². The number of rotatable bonds is 7. The minimum absolute atomic E-state index is 0.172. The lowest BCUT2D eigenvalue weighted by atomic mass is 10.2. The zero-order valence-electron chi connectivity index (χ0n) is 16.0. The molecule has 2 aromatic rings. The van der Waals surface area contributed by atoms with Crippen LogP contribution in [0.3, 0.4) is 0 Å². The van der Waals surface area contributed by atoms with Gasteiger partial charge in [-0.15, -0.1) is 0 Å². The van der Waals surface area contributed by atoms with Gasteiger partial charge in [-0.25, -0.2) is 8.42 Å². The summed E-state index contributed by atoms with van der Waals surface area (Å²) in [6.07, 6.45) is -4.58. The Balaban J connectivity index is 2.22. The third-order valence-electron chi connectivity index (χ3n) is 3.98. The first-order valence-electron chi connectivity index (χ1n) is 8.68. The molecule has 156 valence electrons. The number of carbonyl (C=O) groups excluding carboxylic acids is 1. The molecule has 0 radical (unpaired) electrons. The van der Waals surface area contributed by atoms with Crippen molar-refractivity contribution < 1.29 is 26.4 Å². The van der Waals surface area contributed by atoms with Crippen LogP contribution in [0.2, 0.25) is 0 Å². The number of nitrogens with zero attached hydrogens (tertiary/aromatic N) is 1. The quantitative estimate of drug-likeness (QED) is 0.661. The molecule has 0 bridgehead atoms. The first-order valence-corrected chi connectivity index (χ1v) is 10.2. The maximum atomic E-state index is 12.8. The molecule has 0 saturated heterocycles. The Hall–Kier alpha value is -2.81. The summed E-state index contributed by atoms with van der Waals surface area (Å²) in [7, 11) is -4.12. The van der Waals surface area contributed by atoms with E-state index in [1.165, 1.54) is 30.3 Å². The Morgan fingerprint density at radius 3 is 2.28 bits per heavy atom. The van der Waals surface area contributed by atoms with E-state index in [0.717, 1.165) is 17.7 Å². The summed E-state index contributed by atoms with van der Waals surface area (Å²) < 4.78 is 65.5. The molecular formula is C20H21F3N2O3S. The molecule has 0 heterocycles. The maximum absolute atomic E-state index is 12.8. The van der Waals surface area contributed by atoms with Gasteiger partial charge in [-0.3, -0.25) is 9.52 Å². The number of halogens is 3. The molecule has 0 fully saturated rings. The molecule has 0 aromatic heterocycles. The van der Waals surface area contributed by atoms with E-state index < -0.39 is 21.8 Å². The van der Waals surface area contributed by atoms with Gasteiger partial charge in [-0.05, 0) is 56.3 Å². The maximum Gasteiger partial charge on any atom is 0.416 e. The molecule has 0 aliphatic carbocycles. The van der Waals surface area contributed by atoms with Gasteiger partial charge in [0.2, 0.25) is 0 Å². The Morgan fingerprint density at radius 2 is 1.76 bits per heavy atom. The highest BCUT2D eigenvalue weighted by atomic mass is 32.2. The monoisotopic (exact) mass is 426 g/mol.